The van der Waals surface area contributed by atoms with Gasteiger partial charge >= 0.3 is 6.03 Å². The van der Waals surface area contributed by atoms with Gasteiger partial charge in [-0.2, -0.15) is 0 Å². The molecule has 0 aliphatic carbocycles. The van der Waals surface area contributed by atoms with E-state index in [9.17, 15) is 19.7 Å². The van der Waals surface area contributed by atoms with Gasteiger partial charge in [-0.05, 0) is 49.6 Å². The van der Waals surface area contributed by atoms with Crippen LogP contribution in [0.25, 0.3) is 0 Å². The van der Waals surface area contributed by atoms with E-state index in [0.717, 1.165) is 5.56 Å². The monoisotopic (exact) mass is 507 g/mol. The Bertz CT molecular complexity index is 1070. The third kappa shape index (κ3) is 6.51. The van der Waals surface area contributed by atoms with Gasteiger partial charge in [0, 0.05) is 60.9 Å². The number of carbonyl (C=O) groups excluding carboxylic acids is 2. The van der Waals surface area contributed by atoms with Gasteiger partial charge in [-0.25, -0.2) is 4.79 Å². The second kappa shape index (κ2) is 11.9. The molecule has 182 valence electrons. The first-order chi connectivity index (χ1) is 16.3. The van der Waals surface area contributed by atoms with Crippen LogP contribution in [0, 0.1) is 10.1 Å². The summed E-state index contributed by atoms with van der Waals surface area (Å²) in [5, 5.41) is 18.4. The zero-order valence-corrected chi connectivity index (χ0v) is 20.4. The summed E-state index contributed by atoms with van der Waals surface area (Å²) in [6.07, 6.45) is 1.18. The Kier molecular flexibility index (Phi) is 8.95. The molecular formula is C23H27Cl2N5O4. The number of amides is 3. The third-order valence-corrected chi connectivity index (χ3v) is 6.17. The molecule has 0 unspecified atom stereocenters. The van der Waals surface area contributed by atoms with Crippen LogP contribution in [0.15, 0.2) is 36.4 Å². The number of nitro benzene ring substituents is 1. The number of carbonyl (C=O) groups is 2. The SMILES string of the molecule is CCNC(=O)N1CCCN(c2ccc(C(=O)NCCc3ccc(Cl)cc3Cl)cc2[N+](=O)[O-])CC1. The standard InChI is InChI=1S/C23H27Cl2N5O4/c1-2-26-23(32)29-11-3-10-28(12-13-29)20-7-5-17(14-21(20)30(33)34)22(31)27-9-8-16-4-6-18(24)15-19(16)25/h4-7,14-15H,2-3,8-13H2,1H3,(H,26,32)(H,27,31). The molecule has 3 amide bonds. The van der Waals surface area contributed by atoms with Crippen molar-refractivity contribution >= 4 is 46.5 Å². The van der Waals surface area contributed by atoms with Crippen molar-refractivity contribution in [3.05, 3.63) is 67.7 Å². The first kappa shape index (κ1) is 25.6. The van der Waals surface area contributed by atoms with E-state index < -0.39 is 10.8 Å². The molecule has 34 heavy (non-hydrogen) atoms. The number of hydrogen-bond acceptors (Lipinski definition) is 5. The molecule has 2 aromatic carbocycles. The summed E-state index contributed by atoms with van der Waals surface area (Å²) in [4.78, 5) is 39.7. The van der Waals surface area contributed by atoms with E-state index in [-0.39, 0.29) is 17.3 Å². The van der Waals surface area contributed by atoms with Gasteiger partial charge in [0.2, 0.25) is 0 Å². The number of nitrogens with one attached hydrogen (secondary N) is 2. The fourth-order valence-electron chi connectivity index (χ4n) is 3.84. The lowest BCUT2D eigenvalue weighted by Gasteiger charge is -2.23. The maximum absolute atomic E-state index is 12.6. The predicted molar refractivity (Wildman–Crippen MR) is 133 cm³/mol. The van der Waals surface area contributed by atoms with Gasteiger partial charge in [-0.3, -0.25) is 14.9 Å². The van der Waals surface area contributed by atoms with E-state index in [2.05, 4.69) is 10.6 Å². The van der Waals surface area contributed by atoms with Crippen LogP contribution in [-0.4, -0.2) is 61.0 Å². The topological polar surface area (TPSA) is 108 Å². The van der Waals surface area contributed by atoms with Crippen molar-refractivity contribution in [3.63, 3.8) is 0 Å². The highest BCUT2D eigenvalue weighted by molar-refractivity contribution is 6.35. The zero-order valence-electron chi connectivity index (χ0n) is 18.9. The molecule has 1 aliphatic heterocycles. The van der Waals surface area contributed by atoms with Gasteiger partial charge in [0.05, 0.1) is 4.92 Å². The Balaban J connectivity index is 1.67. The molecule has 0 radical (unpaired) electrons. The lowest BCUT2D eigenvalue weighted by atomic mass is 10.1. The van der Waals surface area contributed by atoms with Gasteiger partial charge in [-0.1, -0.05) is 29.3 Å². The number of benzene rings is 2. The van der Waals surface area contributed by atoms with Crippen molar-refractivity contribution in [2.24, 2.45) is 0 Å². The van der Waals surface area contributed by atoms with Gasteiger partial charge in [0.15, 0.2) is 0 Å². The van der Waals surface area contributed by atoms with Gasteiger partial charge in [-0.15, -0.1) is 0 Å². The average molecular weight is 508 g/mol. The quantitative estimate of drug-likeness (QED) is 0.432. The molecule has 2 N–H and O–H groups in total. The van der Waals surface area contributed by atoms with Crippen LogP contribution in [0.4, 0.5) is 16.2 Å². The Morgan fingerprint density at radius 3 is 2.56 bits per heavy atom. The van der Waals surface area contributed by atoms with Crippen LogP contribution in [0.2, 0.25) is 10.0 Å². The third-order valence-electron chi connectivity index (χ3n) is 5.58. The van der Waals surface area contributed by atoms with Crippen LogP contribution in [0.3, 0.4) is 0 Å². The normalized spacial score (nSPS) is 13.9. The van der Waals surface area contributed by atoms with Crippen LogP contribution in [0.1, 0.15) is 29.3 Å². The molecule has 1 saturated heterocycles. The molecule has 3 rings (SSSR count). The van der Waals surface area contributed by atoms with E-state index in [1.807, 2.05) is 11.8 Å². The molecular weight excluding hydrogens is 481 g/mol. The number of nitrogens with zero attached hydrogens (tertiary/aromatic N) is 3. The Morgan fingerprint density at radius 1 is 1.06 bits per heavy atom. The lowest BCUT2D eigenvalue weighted by molar-refractivity contribution is -0.384. The molecule has 1 fully saturated rings. The van der Waals surface area contributed by atoms with Crippen molar-refractivity contribution in [2.75, 3.05) is 44.2 Å². The van der Waals surface area contributed by atoms with Crippen molar-refractivity contribution in [1.82, 2.24) is 15.5 Å². The Labute approximate surface area is 208 Å². The van der Waals surface area contributed by atoms with E-state index in [0.29, 0.717) is 67.8 Å². The summed E-state index contributed by atoms with van der Waals surface area (Å²) >= 11 is 12.1. The molecule has 9 nitrogen and oxygen atoms in total. The van der Waals surface area contributed by atoms with E-state index in [1.165, 1.54) is 6.07 Å². The molecule has 1 aliphatic rings. The number of rotatable bonds is 7. The molecule has 0 aromatic heterocycles. The van der Waals surface area contributed by atoms with E-state index in [4.69, 9.17) is 23.2 Å². The van der Waals surface area contributed by atoms with Crippen molar-refractivity contribution < 1.29 is 14.5 Å². The fourth-order valence-corrected chi connectivity index (χ4v) is 4.34. The number of urea groups is 1. The lowest BCUT2D eigenvalue weighted by Crippen LogP contribution is -2.42. The number of hydrogen-bond donors (Lipinski definition) is 2. The number of nitro groups is 1. The summed E-state index contributed by atoms with van der Waals surface area (Å²) in [7, 11) is 0. The van der Waals surface area contributed by atoms with Gasteiger partial charge < -0.3 is 20.4 Å². The number of anilines is 1. The highest BCUT2D eigenvalue weighted by atomic mass is 35.5. The minimum atomic E-state index is -0.480. The summed E-state index contributed by atoms with van der Waals surface area (Å²) in [6, 6.07) is 9.51. The minimum absolute atomic E-state index is 0.134. The summed E-state index contributed by atoms with van der Waals surface area (Å²) in [6.45, 7) is 4.79. The highest BCUT2D eigenvalue weighted by Gasteiger charge is 2.25. The summed E-state index contributed by atoms with van der Waals surface area (Å²) in [5.74, 6) is -0.405. The van der Waals surface area contributed by atoms with E-state index in [1.54, 1.807) is 35.2 Å². The molecule has 11 heteroatoms. The first-order valence-corrected chi connectivity index (χ1v) is 11.8. The Morgan fingerprint density at radius 2 is 1.85 bits per heavy atom. The van der Waals surface area contributed by atoms with Crippen molar-refractivity contribution in [3.8, 4) is 0 Å². The van der Waals surface area contributed by atoms with Crippen molar-refractivity contribution in [2.45, 2.75) is 19.8 Å². The molecule has 0 bridgehead atoms. The maximum atomic E-state index is 12.6. The highest BCUT2D eigenvalue weighted by Crippen LogP contribution is 2.30. The van der Waals surface area contributed by atoms with Crippen LogP contribution >= 0.6 is 23.2 Å². The fraction of sp³-hybridized carbons (Fsp3) is 0.391. The maximum Gasteiger partial charge on any atom is 0.317 e. The Hall–Kier alpha value is -3.04. The molecule has 0 atom stereocenters. The first-order valence-electron chi connectivity index (χ1n) is 11.1. The summed E-state index contributed by atoms with van der Waals surface area (Å²) < 4.78 is 0. The zero-order chi connectivity index (χ0) is 24.7. The molecule has 0 spiro atoms. The van der Waals surface area contributed by atoms with Gasteiger partial charge in [0.1, 0.15) is 5.69 Å². The van der Waals surface area contributed by atoms with Gasteiger partial charge in [0.25, 0.3) is 11.6 Å². The van der Waals surface area contributed by atoms with Crippen LogP contribution in [0.5, 0.6) is 0 Å². The van der Waals surface area contributed by atoms with E-state index >= 15 is 0 Å². The number of halogens is 2. The molecule has 1 heterocycles. The van der Waals surface area contributed by atoms with Crippen LogP contribution < -0.4 is 15.5 Å². The molecule has 0 saturated carbocycles. The van der Waals surface area contributed by atoms with Crippen LogP contribution in [-0.2, 0) is 6.42 Å². The second-order valence-electron chi connectivity index (χ2n) is 7.87. The van der Waals surface area contributed by atoms with Crippen molar-refractivity contribution in [1.29, 1.82) is 0 Å². The predicted octanol–water partition coefficient (Wildman–Crippen LogP) is 4.12. The minimum Gasteiger partial charge on any atom is -0.364 e. The summed E-state index contributed by atoms with van der Waals surface area (Å²) in [5.41, 5.74) is 1.35. The average Bonchev–Trinajstić information content (AvgIpc) is 3.06. The largest absolute Gasteiger partial charge is 0.364 e. The second-order valence-corrected chi connectivity index (χ2v) is 8.71. The smallest absolute Gasteiger partial charge is 0.317 e. The molecule has 2 aromatic rings.